The van der Waals surface area contributed by atoms with E-state index < -0.39 is 0 Å². The second-order valence-corrected chi connectivity index (χ2v) is 6.80. The fraction of sp³-hybridized carbons (Fsp3) is 0.700. The average molecular weight is 320 g/mol. The van der Waals surface area contributed by atoms with E-state index in [9.17, 15) is 0 Å². The molecule has 0 amide bonds. The summed E-state index contributed by atoms with van der Waals surface area (Å²) in [4.78, 5) is 2.30. The molecule has 3 heteroatoms. The highest BCUT2D eigenvalue weighted by Crippen LogP contribution is 2.25. The van der Waals surface area contributed by atoms with E-state index >= 15 is 0 Å². The Bertz CT molecular complexity index is 411. The van der Waals surface area contributed by atoms with Crippen molar-refractivity contribution in [2.45, 2.75) is 78.7 Å². The Kier molecular flexibility index (Phi) is 8.90. The predicted octanol–water partition coefficient (Wildman–Crippen LogP) is 5.10. The lowest BCUT2D eigenvalue weighted by Crippen LogP contribution is -2.41. The molecule has 1 aliphatic rings. The molecule has 1 heterocycles. The van der Waals surface area contributed by atoms with E-state index in [0.29, 0.717) is 6.04 Å². The van der Waals surface area contributed by atoms with Crippen molar-refractivity contribution in [2.24, 2.45) is 5.92 Å². The first-order valence-corrected chi connectivity index (χ1v) is 9.42. The van der Waals surface area contributed by atoms with Gasteiger partial charge in [-0.15, -0.1) is 0 Å². The van der Waals surface area contributed by atoms with E-state index in [1.54, 1.807) is 0 Å². The summed E-state index contributed by atoms with van der Waals surface area (Å²) in [5, 5.41) is 6.89. The zero-order valence-corrected chi connectivity index (χ0v) is 15.8. The highest BCUT2D eigenvalue weighted by atomic mass is 15.3. The van der Waals surface area contributed by atoms with Crippen molar-refractivity contribution in [1.82, 2.24) is 15.5 Å². The molecule has 0 fully saturated rings. The van der Waals surface area contributed by atoms with E-state index in [1.807, 2.05) is 0 Å². The van der Waals surface area contributed by atoms with Crippen molar-refractivity contribution in [3.05, 3.63) is 36.6 Å². The molecule has 0 saturated heterocycles. The van der Waals surface area contributed by atoms with Crippen LogP contribution >= 0.6 is 0 Å². The molecule has 0 aromatic carbocycles. The Labute approximate surface area is 143 Å². The summed E-state index contributed by atoms with van der Waals surface area (Å²) in [5.41, 5.74) is 2.04. The molecule has 2 unspecified atom stereocenters. The van der Waals surface area contributed by atoms with Gasteiger partial charge in [-0.3, -0.25) is 0 Å². The maximum Gasteiger partial charge on any atom is 0.103 e. The maximum atomic E-state index is 4.18. The normalized spacial score (nSPS) is 17.6. The minimum Gasteiger partial charge on any atom is -0.382 e. The molecule has 0 aromatic heterocycles. The molecule has 0 saturated carbocycles. The standard InChI is InChI=1S/C20H37N3/c1-7-10-11-12-13-21-20-15-23(18(6)22-17(20)5)19(9-3)14-16(4)8-2/h15-16,19,21-22H,5-14H2,1-4H3. The highest BCUT2D eigenvalue weighted by Gasteiger charge is 2.23. The topological polar surface area (TPSA) is 27.3 Å². The van der Waals surface area contributed by atoms with E-state index in [4.69, 9.17) is 0 Å². The quantitative estimate of drug-likeness (QED) is 0.519. The Balaban J connectivity index is 2.69. The third-order valence-electron chi connectivity index (χ3n) is 4.78. The summed E-state index contributed by atoms with van der Waals surface area (Å²) in [6, 6.07) is 0.495. The molecule has 23 heavy (non-hydrogen) atoms. The van der Waals surface area contributed by atoms with Gasteiger partial charge in [0.05, 0.1) is 11.4 Å². The van der Waals surface area contributed by atoms with Crippen LogP contribution in [0, 0.1) is 5.92 Å². The number of nitrogens with one attached hydrogen (secondary N) is 2. The number of hydrogen-bond donors (Lipinski definition) is 2. The monoisotopic (exact) mass is 319 g/mol. The molecule has 1 rings (SSSR count). The Morgan fingerprint density at radius 1 is 1.13 bits per heavy atom. The molecule has 3 nitrogen and oxygen atoms in total. The van der Waals surface area contributed by atoms with Crippen LogP contribution in [-0.2, 0) is 0 Å². The van der Waals surface area contributed by atoms with E-state index in [0.717, 1.165) is 36.1 Å². The first-order chi connectivity index (χ1) is 11.0. The third kappa shape index (κ3) is 6.32. The second-order valence-electron chi connectivity index (χ2n) is 6.80. The fourth-order valence-corrected chi connectivity index (χ4v) is 2.96. The summed E-state index contributed by atoms with van der Waals surface area (Å²) in [5.74, 6) is 1.68. The third-order valence-corrected chi connectivity index (χ3v) is 4.78. The van der Waals surface area contributed by atoms with Crippen LogP contribution in [0.25, 0.3) is 0 Å². The molecule has 2 N–H and O–H groups in total. The van der Waals surface area contributed by atoms with Gasteiger partial charge in [0.25, 0.3) is 0 Å². The number of rotatable bonds is 11. The molecular formula is C20H37N3. The van der Waals surface area contributed by atoms with Crippen LogP contribution in [0.4, 0.5) is 0 Å². The van der Waals surface area contributed by atoms with Crippen molar-refractivity contribution in [2.75, 3.05) is 6.54 Å². The van der Waals surface area contributed by atoms with Crippen LogP contribution in [0.1, 0.15) is 72.6 Å². The molecule has 0 spiro atoms. The van der Waals surface area contributed by atoms with Gasteiger partial charge in [-0.2, -0.15) is 0 Å². The van der Waals surface area contributed by atoms with Crippen molar-refractivity contribution >= 4 is 0 Å². The summed E-state index contributed by atoms with van der Waals surface area (Å²) >= 11 is 0. The van der Waals surface area contributed by atoms with Gasteiger partial charge in [0, 0.05) is 18.8 Å². The molecule has 0 bridgehead atoms. The molecule has 0 aliphatic carbocycles. The first-order valence-electron chi connectivity index (χ1n) is 9.42. The van der Waals surface area contributed by atoms with E-state index in [1.165, 1.54) is 38.5 Å². The predicted molar refractivity (Wildman–Crippen MR) is 102 cm³/mol. The zero-order chi connectivity index (χ0) is 17.2. The maximum absolute atomic E-state index is 4.18. The van der Waals surface area contributed by atoms with Crippen LogP contribution < -0.4 is 10.6 Å². The van der Waals surface area contributed by atoms with Crippen LogP contribution in [0.2, 0.25) is 0 Å². The van der Waals surface area contributed by atoms with Gasteiger partial charge < -0.3 is 15.5 Å². The zero-order valence-electron chi connectivity index (χ0n) is 15.8. The molecule has 1 aliphatic heterocycles. The summed E-state index contributed by atoms with van der Waals surface area (Å²) in [6.45, 7) is 18.4. The first kappa shape index (κ1) is 19.7. The van der Waals surface area contributed by atoms with E-state index in [-0.39, 0.29) is 0 Å². The van der Waals surface area contributed by atoms with Crippen molar-refractivity contribution in [1.29, 1.82) is 0 Å². The Morgan fingerprint density at radius 3 is 2.48 bits per heavy atom. The summed E-state index contributed by atoms with van der Waals surface area (Å²) in [7, 11) is 0. The van der Waals surface area contributed by atoms with E-state index in [2.05, 4.69) is 62.6 Å². The molecular weight excluding hydrogens is 282 g/mol. The number of unbranched alkanes of at least 4 members (excludes halogenated alkanes) is 3. The molecule has 0 aromatic rings. The highest BCUT2D eigenvalue weighted by molar-refractivity contribution is 5.32. The van der Waals surface area contributed by atoms with Gasteiger partial charge in [0.2, 0.25) is 0 Å². The fourth-order valence-electron chi connectivity index (χ4n) is 2.96. The van der Waals surface area contributed by atoms with Crippen molar-refractivity contribution < 1.29 is 0 Å². The lowest BCUT2D eigenvalue weighted by atomic mass is 9.96. The van der Waals surface area contributed by atoms with Crippen molar-refractivity contribution in [3.8, 4) is 0 Å². The lowest BCUT2D eigenvalue weighted by Gasteiger charge is -2.38. The number of nitrogens with zero attached hydrogens (tertiary/aromatic N) is 1. The van der Waals surface area contributed by atoms with Crippen LogP contribution in [0.3, 0.4) is 0 Å². The Hall–Kier alpha value is -1.38. The number of hydrogen-bond acceptors (Lipinski definition) is 3. The van der Waals surface area contributed by atoms with Gasteiger partial charge in [-0.1, -0.05) is 66.5 Å². The van der Waals surface area contributed by atoms with Crippen LogP contribution in [-0.4, -0.2) is 17.5 Å². The largest absolute Gasteiger partial charge is 0.382 e. The van der Waals surface area contributed by atoms with Crippen LogP contribution in [0.15, 0.2) is 36.6 Å². The van der Waals surface area contributed by atoms with Crippen molar-refractivity contribution in [3.63, 3.8) is 0 Å². The lowest BCUT2D eigenvalue weighted by molar-refractivity contribution is 0.256. The minimum absolute atomic E-state index is 0.495. The SMILES string of the molecule is C=C1NC(=C)N(C(CC)CC(C)CC)C=C1NCCCCCC. The smallest absolute Gasteiger partial charge is 0.103 e. The van der Waals surface area contributed by atoms with Gasteiger partial charge in [0.15, 0.2) is 0 Å². The Morgan fingerprint density at radius 2 is 1.87 bits per heavy atom. The summed E-state index contributed by atoms with van der Waals surface area (Å²) < 4.78 is 0. The summed E-state index contributed by atoms with van der Waals surface area (Å²) in [6.07, 6.45) is 10.8. The molecule has 132 valence electrons. The van der Waals surface area contributed by atoms with Crippen LogP contribution in [0.5, 0.6) is 0 Å². The van der Waals surface area contributed by atoms with Gasteiger partial charge in [-0.05, 0) is 25.2 Å². The molecule has 0 radical (unpaired) electrons. The minimum atomic E-state index is 0.495. The van der Waals surface area contributed by atoms with Gasteiger partial charge in [0.1, 0.15) is 5.82 Å². The van der Waals surface area contributed by atoms with Gasteiger partial charge in [-0.25, -0.2) is 0 Å². The molecule has 2 atom stereocenters. The second kappa shape index (κ2) is 10.4. The average Bonchev–Trinajstić information content (AvgIpc) is 2.54. The van der Waals surface area contributed by atoms with Gasteiger partial charge >= 0.3 is 0 Å².